The smallest absolute Gasteiger partial charge is 0.203 e. The van der Waals surface area contributed by atoms with Gasteiger partial charge in [0.05, 0.1) is 21.3 Å². The Morgan fingerprint density at radius 2 is 1.63 bits per heavy atom. The van der Waals surface area contributed by atoms with Gasteiger partial charge in [0.25, 0.3) is 0 Å². The van der Waals surface area contributed by atoms with Crippen LogP contribution in [-0.4, -0.2) is 37.6 Å². The van der Waals surface area contributed by atoms with Crippen LogP contribution >= 0.6 is 0 Å². The summed E-state index contributed by atoms with van der Waals surface area (Å²) < 4.78 is 16.3. The van der Waals surface area contributed by atoms with Crippen molar-refractivity contribution in [2.24, 2.45) is 0 Å². The van der Waals surface area contributed by atoms with Crippen molar-refractivity contribution in [3.05, 3.63) is 48.5 Å². The number of benzene rings is 2. The molecule has 0 atom stereocenters. The van der Waals surface area contributed by atoms with Gasteiger partial charge in [0.2, 0.25) is 5.75 Å². The molecule has 7 nitrogen and oxygen atoms in total. The molecule has 27 heavy (non-hydrogen) atoms. The molecule has 0 amide bonds. The maximum atomic E-state index is 11.8. The number of nitrogen functional groups attached to an aromatic ring is 1. The summed E-state index contributed by atoms with van der Waals surface area (Å²) >= 11 is 0. The summed E-state index contributed by atoms with van der Waals surface area (Å²) in [6, 6.07) is 7.10. The Bertz CT molecular complexity index is 975. The van der Waals surface area contributed by atoms with E-state index in [1.807, 2.05) is 12.1 Å². The molecule has 0 bridgehead atoms. The number of aromatic nitrogens is 2. The Morgan fingerprint density at radius 1 is 0.926 bits per heavy atom. The third-order valence-corrected chi connectivity index (χ3v) is 4.20. The molecule has 138 valence electrons. The van der Waals surface area contributed by atoms with E-state index in [2.05, 4.69) is 9.97 Å². The second kappa shape index (κ2) is 7.74. The average molecular weight is 365 g/mol. The van der Waals surface area contributed by atoms with Crippen LogP contribution in [0.4, 0.5) is 5.69 Å². The molecule has 2 aromatic carbocycles. The first-order valence-electron chi connectivity index (χ1n) is 8.08. The van der Waals surface area contributed by atoms with E-state index in [4.69, 9.17) is 19.9 Å². The molecule has 0 unspecified atom stereocenters. The highest BCUT2D eigenvalue weighted by Crippen LogP contribution is 2.48. The van der Waals surface area contributed by atoms with Crippen molar-refractivity contribution in [3.8, 4) is 39.5 Å². The monoisotopic (exact) mass is 365 g/mol. The van der Waals surface area contributed by atoms with Gasteiger partial charge in [0.1, 0.15) is 6.33 Å². The maximum Gasteiger partial charge on any atom is 0.203 e. The van der Waals surface area contributed by atoms with E-state index in [1.165, 1.54) is 27.7 Å². The summed E-state index contributed by atoms with van der Waals surface area (Å²) in [7, 11) is 4.50. The first-order valence-corrected chi connectivity index (χ1v) is 8.08. The normalized spacial score (nSPS) is 10.3. The third-order valence-electron chi connectivity index (χ3n) is 4.20. The fraction of sp³-hybridized carbons (Fsp3) is 0.150. The summed E-state index contributed by atoms with van der Waals surface area (Å²) in [5, 5.41) is 0. The van der Waals surface area contributed by atoms with Crippen molar-refractivity contribution in [3.63, 3.8) is 0 Å². The van der Waals surface area contributed by atoms with Gasteiger partial charge in [-0.05, 0) is 23.8 Å². The van der Waals surface area contributed by atoms with Crippen molar-refractivity contribution in [1.29, 1.82) is 0 Å². The van der Waals surface area contributed by atoms with Gasteiger partial charge in [-0.25, -0.2) is 9.97 Å². The summed E-state index contributed by atoms with van der Waals surface area (Å²) in [6.45, 7) is 0. The maximum absolute atomic E-state index is 11.8. The van der Waals surface area contributed by atoms with Crippen molar-refractivity contribution in [1.82, 2.24) is 9.97 Å². The lowest BCUT2D eigenvalue weighted by Gasteiger charge is -2.19. The second-order valence-electron chi connectivity index (χ2n) is 5.66. The van der Waals surface area contributed by atoms with Gasteiger partial charge in [0, 0.05) is 40.3 Å². The number of rotatable bonds is 6. The van der Waals surface area contributed by atoms with Crippen LogP contribution < -0.4 is 19.9 Å². The predicted octanol–water partition coefficient (Wildman–Crippen LogP) is 3.23. The minimum atomic E-state index is 0.368. The first-order chi connectivity index (χ1) is 13.1. The van der Waals surface area contributed by atoms with Crippen LogP contribution in [0.15, 0.2) is 43.0 Å². The molecule has 1 heterocycles. The van der Waals surface area contributed by atoms with Crippen LogP contribution in [0.2, 0.25) is 0 Å². The number of anilines is 1. The Morgan fingerprint density at radius 3 is 2.22 bits per heavy atom. The lowest BCUT2D eigenvalue weighted by molar-refractivity contribution is 0.112. The fourth-order valence-corrected chi connectivity index (χ4v) is 2.95. The minimum absolute atomic E-state index is 0.368. The molecule has 0 aliphatic carbocycles. The summed E-state index contributed by atoms with van der Waals surface area (Å²) in [4.78, 5) is 19.9. The molecule has 7 heteroatoms. The van der Waals surface area contributed by atoms with Gasteiger partial charge in [-0.3, -0.25) is 4.79 Å². The van der Waals surface area contributed by atoms with Crippen LogP contribution in [0.3, 0.4) is 0 Å². The number of carbonyl (C=O) groups excluding carboxylic acids is 1. The standard InChI is InChI=1S/C20H19N3O4/c1-25-17-7-13(10-24)18(20(27-3)19(17)26-2)15-6-12(4-5-16(15)21)14-8-22-11-23-9-14/h4-11H,21H2,1-3H3. The molecule has 0 aliphatic rings. The lowest BCUT2D eigenvalue weighted by Crippen LogP contribution is -2.02. The van der Waals surface area contributed by atoms with Crippen molar-refractivity contribution >= 4 is 12.0 Å². The summed E-state index contributed by atoms with van der Waals surface area (Å²) in [5.74, 6) is 1.15. The number of hydrogen-bond donors (Lipinski definition) is 1. The molecule has 0 spiro atoms. The van der Waals surface area contributed by atoms with Crippen LogP contribution in [-0.2, 0) is 0 Å². The molecule has 3 aromatic rings. The van der Waals surface area contributed by atoms with Gasteiger partial charge in [0.15, 0.2) is 17.8 Å². The molecule has 2 N–H and O–H groups in total. The molecule has 0 saturated heterocycles. The van der Waals surface area contributed by atoms with Gasteiger partial charge < -0.3 is 19.9 Å². The second-order valence-corrected chi connectivity index (χ2v) is 5.66. The number of hydrogen-bond acceptors (Lipinski definition) is 7. The van der Waals surface area contributed by atoms with Gasteiger partial charge in [-0.2, -0.15) is 0 Å². The Kier molecular flexibility index (Phi) is 5.21. The zero-order valence-corrected chi connectivity index (χ0v) is 15.2. The van der Waals surface area contributed by atoms with Crippen LogP contribution in [0.5, 0.6) is 17.2 Å². The third kappa shape index (κ3) is 3.27. The largest absolute Gasteiger partial charge is 0.493 e. The number of nitrogens with zero attached hydrogens (tertiary/aromatic N) is 2. The number of ether oxygens (including phenoxy) is 3. The quantitative estimate of drug-likeness (QED) is 0.529. The van der Waals surface area contributed by atoms with E-state index in [1.54, 1.807) is 24.5 Å². The first kappa shape index (κ1) is 18.2. The Balaban J connectivity index is 2.32. The molecule has 0 fully saturated rings. The highest BCUT2D eigenvalue weighted by Gasteiger charge is 2.23. The van der Waals surface area contributed by atoms with Crippen molar-refractivity contribution < 1.29 is 19.0 Å². The van der Waals surface area contributed by atoms with E-state index < -0.39 is 0 Å². The number of carbonyl (C=O) groups is 1. The van der Waals surface area contributed by atoms with Gasteiger partial charge >= 0.3 is 0 Å². The van der Waals surface area contributed by atoms with Crippen molar-refractivity contribution in [2.75, 3.05) is 27.1 Å². The Hall–Kier alpha value is -3.61. The summed E-state index contributed by atoms with van der Waals surface area (Å²) in [5.41, 5.74) is 9.94. The molecule has 0 saturated carbocycles. The van der Waals surface area contributed by atoms with Crippen LogP contribution in [0.1, 0.15) is 10.4 Å². The topological polar surface area (TPSA) is 96.6 Å². The Labute approximate surface area is 156 Å². The highest BCUT2D eigenvalue weighted by molar-refractivity contribution is 5.97. The van der Waals surface area contributed by atoms with Crippen LogP contribution in [0.25, 0.3) is 22.3 Å². The number of nitrogens with two attached hydrogens (primary N) is 1. The molecule has 1 aromatic heterocycles. The predicted molar refractivity (Wildman–Crippen MR) is 102 cm³/mol. The minimum Gasteiger partial charge on any atom is -0.493 e. The number of aldehydes is 1. The SMILES string of the molecule is COc1cc(C=O)c(-c2cc(-c3cncnc3)ccc2N)c(OC)c1OC. The van der Waals surface area contributed by atoms with E-state index in [0.717, 1.165) is 17.4 Å². The average Bonchev–Trinajstić information content (AvgIpc) is 2.73. The number of methoxy groups -OCH3 is 3. The van der Waals surface area contributed by atoms with E-state index in [9.17, 15) is 4.79 Å². The zero-order valence-electron chi connectivity index (χ0n) is 15.2. The molecule has 0 radical (unpaired) electrons. The highest BCUT2D eigenvalue weighted by atomic mass is 16.5. The van der Waals surface area contributed by atoms with E-state index >= 15 is 0 Å². The molecular weight excluding hydrogens is 346 g/mol. The molecule has 0 aliphatic heterocycles. The zero-order chi connectivity index (χ0) is 19.4. The van der Waals surface area contributed by atoms with Crippen LogP contribution in [0, 0.1) is 0 Å². The molecular formula is C20H19N3O4. The fourth-order valence-electron chi connectivity index (χ4n) is 2.95. The lowest BCUT2D eigenvalue weighted by atomic mass is 9.94. The van der Waals surface area contributed by atoms with E-state index in [-0.39, 0.29) is 0 Å². The van der Waals surface area contributed by atoms with Gasteiger partial charge in [-0.15, -0.1) is 0 Å². The van der Waals surface area contributed by atoms with Gasteiger partial charge in [-0.1, -0.05) is 6.07 Å². The summed E-state index contributed by atoms with van der Waals surface area (Å²) in [6.07, 6.45) is 5.60. The van der Waals surface area contributed by atoms with Crippen molar-refractivity contribution in [2.45, 2.75) is 0 Å². The molecule has 3 rings (SSSR count). The van der Waals surface area contributed by atoms with E-state index in [0.29, 0.717) is 39.6 Å².